The predicted octanol–water partition coefficient (Wildman–Crippen LogP) is 4.20. The molecule has 0 spiro atoms. The second-order valence-corrected chi connectivity index (χ2v) is 11.8. The summed E-state index contributed by atoms with van der Waals surface area (Å²) in [6.45, 7) is 0.279. The van der Waals surface area contributed by atoms with Crippen LogP contribution in [-0.2, 0) is 14.8 Å². The average Bonchev–Trinajstić information content (AvgIpc) is 3.37. The molecular formula is C22H18Cl2N4O3S2. The van der Waals surface area contributed by atoms with Crippen LogP contribution in [0.2, 0.25) is 5.02 Å². The van der Waals surface area contributed by atoms with E-state index in [-0.39, 0.29) is 17.2 Å². The molecule has 2 aromatic carbocycles. The van der Waals surface area contributed by atoms with E-state index in [2.05, 4.69) is 15.0 Å². The van der Waals surface area contributed by atoms with Gasteiger partial charge in [0.15, 0.2) is 0 Å². The normalized spacial score (nSPS) is 19.8. The van der Waals surface area contributed by atoms with Crippen LogP contribution >= 0.6 is 34.5 Å². The van der Waals surface area contributed by atoms with Crippen LogP contribution in [0.25, 0.3) is 20.9 Å². The first kappa shape index (κ1) is 22.4. The fraction of sp³-hybridized carbons (Fsp3) is 0.182. The van der Waals surface area contributed by atoms with Crippen molar-refractivity contribution in [1.82, 2.24) is 15.0 Å². The average molecular weight is 521 g/mol. The van der Waals surface area contributed by atoms with Gasteiger partial charge in [-0.15, -0.1) is 22.9 Å². The van der Waals surface area contributed by atoms with Crippen LogP contribution in [-0.4, -0.2) is 31.4 Å². The second-order valence-electron chi connectivity index (χ2n) is 7.90. The first-order valence-corrected chi connectivity index (χ1v) is 13.1. The molecule has 4 N–H and O–H groups in total. The Morgan fingerprint density at radius 1 is 1.15 bits per heavy atom. The highest BCUT2D eigenvalue weighted by molar-refractivity contribution is 7.91. The highest BCUT2D eigenvalue weighted by Gasteiger charge is 2.52. The SMILES string of the molecule is Nc1cc2ccncc2cc1C(Cl)[C@]1(NS(=O)(=O)c2cc3ccc(Cl)cc3s2)CCNC1=O. The van der Waals surface area contributed by atoms with Crippen molar-refractivity contribution in [2.45, 2.75) is 21.5 Å². The quantitative estimate of drug-likeness (QED) is 0.269. The van der Waals surface area contributed by atoms with Gasteiger partial charge >= 0.3 is 0 Å². The Labute approximate surface area is 203 Å². The number of thiophene rings is 1. The second kappa shape index (κ2) is 8.11. The topological polar surface area (TPSA) is 114 Å². The molecule has 1 aliphatic rings. The zero-order chi connectivity index (χ0) is 23.4. The number of hydrogen-bond acceptors (Lipinski definition) is 6. The summed E-state index contributed by atoms with van der Waals surface area (Å²) in [6.07, 6.45) is 3.48. The number of pyridine rings is 1. The molecule has 5 rings (SSSR count). The third-order valence-electron chi connectivity index (χ3n) is 5.80. The van der Waals surface area contributed by atoms with Crippen molar-refractivity contribution in [3.8, 4) is 0 Å². The Hall–Kier alpha value is -2.43. The molecule has 0 aliphatic carbocycles. The minimum Gasteiger partial charge on any atom is -0.398 e. The number of aromatic nitrogens is 1. The van der Waals surface area contributed by atoms with Crippen molar-refractivity contribution in [2.75, 3.05) is 12.3 Å². The maximum absolute atomic E-state index is 13.4. The third-order valence-corrected chi connectivity index (χ3v) is 9.72. The number of alkyl halides is 1. The molecule has 0 radical (unpaired) electrons. The molecule has 0 saturated carbocycles. The fourth-order valence-electron chi connectivity index (χ4n) is 4.09. The van der Waals surface area contributed by atoms with Gasteiger partial charge in [0.1, 0.15) is 9.75 Å². The molecule has 1 saturated heterocycles. The van der Waals surface area contributed by atoms with E-state index in [1.54, 1.807) is 48.8 Å². The molecule has 7 nitrogen and oxygen atoms in total. The van der Waals surface area contributed by atoms with Gasteiger partial charge in [-0.2, -0.15) is 4.72 Å². The van der Waals surface area contributed by atoms with Gasteiger partial charge in [0, 0.05) is 39.7 Å². The van der Waals surface area contributed by atoms with Crippen LogP contribution in [0, 0.1) is 0 Å². The number of rotatable bonds is 5. The molecule has 33 heavy (non-hydrogen) atoms. The molecule has 11 heteroatoms. The van der Waals surface area contributed by atoms with Gasteiger partial charge in [-0.25, -0.2) is 8.42 Å². The summed E-state index contributed by atoms with van der Waals surface area (Å²) in [7, 11) is -4.09. The first-order valence-electron chi connectivity index (χ1n) is 9.98. The first-order chi connectivity index (χ1) is 15.7. The number of fused-ring (bicyclic) bond motifs is 2. The van der Waals surface area contributed by atoms with Crippen molar-refractivity contribution in [1.29, 1.82) is 0 Å². The van der Waals surface area contributed by atoms with Gasteiger partial charge < -0.3 is 11.1 Å². The summed E-state index contributed by atoms with van der Waals surface area (Å²) in [6, 6.07) is 12.0. The number of sulfonamides is 1. The van der Waals surface area contributed by atoms with E-state index in [4.69, 9.17) is 28.9 Å². The largest absolute Gasteiger partial charge is 0.398 e. The van der Waals surface area contributed by atoms with Crippen LogP contribution < -0.4 is 15.8 Å². The minimum absolute atomic E-state index is 0.0680. The van der Waals surface area contributed by atoms with Crippen LogP contribution in [0.15, 0.2) is 59.1 Å². The van der Waals surface area contributed by atoms with E-state index in [1.807, 2.05) is 6.07 Å². The number of carbonyl (C=O) groups excluding carboxylic acids is 1. The number of nitrogens with zero attached hydrogens (tertiary/aromatic N) is 1. The number of carbonyl (C=O) groups is 1. The number of amides is 1. The van der Waals surface area contributed by atoms with E-state index >= 15 is 0 Å². The summed E-state index contributed by atoms with van der Waals surface area (Å²) < 4.78 is 30.2. The van der Waals surface area contributed by atoms with Crippen molar-refractivity contribution in [2.24, 2.45) is 0 Å². The molecule has 4 aromatic rings. The zero-order valence-electron chi connectivity index (χ0n) is 17.0. The lowest BCUT2D eigenvalue weighted by molar-refractivity contribution is -0.124. The third kappa shape index (κ3) is 3.83. The molecular weight excluding hydrogens is 503 g/mol. The molecule has 2 aromatic heterocycles. The van der Waals surface area contributed by atoms with Crippen LogP contribution in [0.5, 0.6) is 0 Å². The monoisotopic (exact) mass is 520 g/mol. The molecule has 3 heterocycles. The van der Waals surface area contributed by atoms with Crippen molar-refractivity contribution in [3.05, 3.63) is 65.4 Å². The minimum atomic E-state index is -4.09. The van der Waals surface area contributed by atoms with Crippen LogP contribution in [0.3, 0.4) is 0 Å². The maximum atomic E-state index is 13.4. The maximum Gasteiger partial charge on any atom is 0.251 e. The van der Waals surface area contributed by atoms with Gasteiger partial charge in [0.05, 0.1) is 5.38 Å². The van der Waals surface area contributed by atoms with E-state index in [1.165, 1.54) is 0 Å². The molecule has 2 atom stereocenters. The molecule has 1 amide bonds. The standard InChI is InChI=1S/C22H18Cl2N4O3S2/c23-15-2-1-13-9-19(32-18(13)10-15)33(30,31)28-22(4-6-27-21(22)29)20(24)16-7-14-11-26-5-3-12(14)8-17(16)25/h1-3,5,7-11,20,28H,4,6,25H2,(H,27,29)/t20?,22-/m1/s1. The molecule has 1 fully saturated rings. The lowest BCUT2D eigenvalue weighted by atomic mass is 9.88. The van der Waals surface area contributed by atoms with Gasteiger partial charge in [-0.05, 0) is 59.2 Å². The number of anilines is 1. The van der Waals surface area contributed by atoms with Gasteiger partial charge in [-0.1, -0.05) is 17.7 Å². The Morgan fingerprint density at radius 2 is 1.97 bits per heavy atom. The van der Waals surface area contributed by atoms with Gasteiger partial charge in [-0.3, -0.25) is 9.78 Å². The van der Waals surface area contributed by atoms with E-state index < -0.39 is 26.8 Å². The number of nitrogens with two attached hydrogens (primary N) is 1. The number of nitrogens with one attached hydrogen (secondary N) is 2. The summed E-state index contributed by atoms with van der Waals surface area (Å²) in [4.78, 5) is 17.1. The van der Waals surface area contributed by atoms with Gasteiger partial charge in [0.2, 0.25) is 5.91 Å². The fourth-order valence-corrected chi connectivity index (χ4v) is 7.69. The van der Waals surface area contributed by atoms with Crippen LogP contribution in [0.4, 0.5) is 5.69 Å². The number of benzene rings is 2. The van der Waals surface area contributed by atoms with Crippen molar-refractivity contribution < 1.29 is 13.2 Å². The summed E-state index contributed by atoms with van der Waals surface area (Å²) in [5.41, 5.74) is 5.49. The van der Waals surface area contributed by atoms with Crippen LogP contribution in [0.1, 0.15) is 17.4 Å². The molecule has 0 bridgehead atoms. The van der Waals surface area contributed by atoms with Gasteiger partial charge in [0.25, 0.3) is 10.0 Å². The summed E-state index contributed by atoms with van der Waals surface area (Å²) >= 11 is 14.0. The number of nitrogen functional groups attached to an aromatic ring is 1. The van der Waals surface area contributed by atoms with E-state index in [0.29, 0.717) is 16.3 Å². The van der Waals surface area contributed by atoms with Crippen molar-refractivity contribution in [3.63, 3.8) is 0 Å². The predicted molar refractivity (Wildman–Crippen MR) is 132 cm³/mol. The number of halogens is 2. The smallest absolute Gasteiger partial charge is 0.251 e. The Kier molecular flexibility index (Phi) is 5.49. The summed E-state index contributed by atoms with van der Waals surface area (Å²) in [5.74, 6) is -0.499. The Balaban J connectivity index is 1.58. The lowest BCUT2D eigenvalue weighted by Crippen LogP contribution is -2.56. The summed E-state index contributed by atoms with van der Waals surface area (Å²) in [5, 5.41) is 4.55. The molecule has 1 aliphatic heterocycles. The number of hydrogen-bond donors (Lipinski definition) is 3. The Bertz CT molecular complexity index is 1520. The zero-order valence-corrected chi connectivity index (χ0v) is 20.2. The molecule has 1 unspecified atom stereocenters. The molecule has 170 valence electrons. The Morgan fingerprint density at radius 3 is 2.73 bits per heavy atom. The van der Waals surface area contributed by atoms with Crippen molar-refractivity contribution >= 4 is 77.0 Å². The lowest BCUT2D eigenvalue weighted by Gasteiger charge is -2.32. The van der Waals surface area contributed by atoms with E-state index in [9.17, 15) is 13.2 Å². The highest BCUT2D eigenvalue weighted by Crippen LogP contribution is 2.42. The van der Waals surface area contributed by atoms with E-state index in [0.717, 1.165) is 32.2 Å². The highest BCUT2D eigenvalue weighted by atomic mass is 35.5.